The van der Waals surface area contributed by atoms with Crippen molar-refractivity contribution in [1.82, 2.24) is 25.8 Å². The standard InChI is InChI=1S/C76H91Cl2N5O9/c1-5-6-38-66(81-75(89)91-50-63-61-34-19-17-32-59(61)60-33-18-20-35-62(60)63)73(87)82(4)69(48-53-26-25-31-58(77)47-53)72(86)80-68(51-90-46-43-52(2)3)71(85)79-67(74(88)83-44-23-12-24-45-83)49-70(84)92-76(56-29-15-11-16-30-56,64-36-21-22-37-65(64)78)57-41-39-55(40-42-57)54-27-13-9-7-8-10-14-28-54/h11,15-22,25-26,29-37,39-42,47,52,54,63,66-69H,5-10,12-14,23-24,27-28,38,43-46,48-51H2,1-4H3,(H,79,85)(H,80,86)(H,81,89)/t66-,67-,68-,69-,76?/m0/s1. The third-order valence-corrected chi connectivity index (χ3v) is 19.0. The minimum absolute atomic E-state index is 0.0320. The van der Waals surface area contributed by atoms with E-state index < -0.39 is 71.9 Å². The van der Waals surface area contributed by atoms with E-state index in [0.29, 0.717) is 70.6 Å². The summed E-state index contributed by atoms with van der Waals surface area (Å²) < 4.78 is 19.1. The van der Waals surface area contributed by atoms with Crippen LogP contribution in [-0.2, 0) is 50.2 Å². The Balaban J connectivity index is 0.994. The summed E-state index contributed by atoms with van der Waals surface area (Å²) in [4.78, 5) is 92.8. The number of ether oxygens (including phenoxy) is 3. The van der Waals surface area contributed by atoms with Crippen molar-refractivity contribution < 1.29 is 43.0 Å². The van der Waals surface area contributed by atoms with Crippen LogP contribution in [0.1, 0.15) is 174 Å². The second-order valence-corrected chi connectivity index (χ2v) is 26.3. The van der Waals surface area contributed by atoms with Crippen molar-refractivity contribution in [2.24, 2.45) is 5.92 Å². The number of esters is 1. The Morgan fingerprint density at radius 3 is 1.90 bits per heavy atom. The first-order valence-electron chi connectivity index (χ1n) is 33.4. The third kappa shape index (κ3) is 17.8. The molecule has 1 saturated carbocycles. The number of rotatable bonds is 27. The third-order valence-electron chi connectivity index (χ3n) is 18.5. The van der Waals surface area contributed by atoms with Gasteiger partial charge in [-0.15, -0.1) is 0 Å². The molecule has 6 aromatic rings. The van der Waals surface area contributed by atoms with E-state index >= 15 is 19.2 Å². The van der Waals surface area contributed by atoms with E-state index in [9.17, 15) is 9.59 Å². The number of nitrogens with zero attached hydrogens (tertiary/aromatic N) is 2. The number of likely N-dealkylation sites (tertiary alicyclic amines) is 1. The molecular formula is C76H91Cl2N5O9. The van der Waals surface area contributed by atoms with Crippen LogP contribution in [0.15, 0.2) is 152 Å². The predicted octanol–water partition coefficient (Wildman–Crippen LogP) is 14.6. The number of likely N-dealkylation sites (N-methyl/N-ethyl adjacent to an activating group) is 1. The van der Waals surface area contributed by atoms with Crippen LogP contribution in [0.5, 0.6) is 0 Å². The smallest absolute Gasteiger partial charge is 0.407 e. The van der Waals surface area contributed by atoms with Gasteiger partial charge in [-0.2, -0.15) is 0 Å². The second kappa shape index (κ2) is 33.9. The van der Waals surface area contributed by atoms with Crippen molar-refractivity contribution in [3.05, 3.63) is 201 Å². The molecule has 14 nitrogen and oxygen atoms in total. The Morgan fingerprint density at radius 2 is 1.25 bits per heavy atom. The molecule has 488 valence electrons. The summed E-state index contributed by atoms with van der Waals surface area (Å²) in [6.45, 7) is 6.86. The van der Waals surface area contributed by atoms with Gasteiger partial charge in [0.05, 0.1) is 13.0 Å². The van der Waals surface area contributed by atoms with Crippen LogP contribution in [0.2, 0.25) is 10.0 Å². The lowest BCUT2D eigenvalue weighted by atomic mass is 9.78. The molecule has 3 aliphatic rings. The number of carbonyl (C=O) groups excluding carboxylic acids is 6. The fourth-order valence-electron chi connectivity index (χ4n) is 13.3. The number of hydrogen-bond donors (Lipinski definition) is 3. The molecule has 1 heterocycles. The lowest BCUT2D eigenvalue weighted by Crippen LogP contribution is -2.60. The Hall–Kier alpha value is -7.52. The number of piperidine rings is 1. The molecule has 5 amide bonds. The van der Waals surface area contributed by atoms with E-state index in [1.807, 2.05) is 118 Å². The zero-order valence-corrected chi connectivity index (χ0v) is 55.4. The van der Waals surface area contributed by atoms with Gasteiger partial charge in [0.2, 0.25) is 23.6 Å². The topological polar surface area (TPSA) is 173 Å². The molecule has 0 radical (unpaired) electrons. The highest BCUT2D eigenvalue weighted by molar-refractivity contribution is 6.31. The number of alkyl carbamates (subject to hydrolysis) is 1. The highest BCUT2D eigenvalue weighted by atomic mass is 35.5. The van der Waals surface area contributed by atoms with Crippen LogP contribution in [-0.4, -0.2) is 110 Å². The van der Waals surface area contributed by atoms with Crippen molar-refractivity contribution in [3.63, 3.8) is 0 Å². The Labute approximate surface area is 553 Å². The highest BCUT2D eigenvalue weighted by Crippen LogP contribution is 2.46. The summed E-state index contributed by atoms with van der Waals surface area (Å²) in [6.07, 6.45) is 12.6. The summed E-state index contributed by atoms with van der Waals surface area (Å²) in [5, 5.41) is 9.45. The molecule has 3 N–H and O–H groups in total. The van der Waals surface area contributed by atoms with Gasteiger partial charge in [-0.3, -0.25) is 24.0 Å². The first-order valence-corrected chi connectivity index (χ1v) is 34.1. The molecule has 5 atom stereocenters. The minimum Gasteiger partial charge on any atom is -0.449 e. The number of nitrogens with one attached hydrogen (secondary N) is 3. The fraction of sp³-hybridized carbons (Fsp3) is 0.447. The first kappa shape index (κ1) is 68.8. The average Bonchev–Trinajstić information content (AvgIpc) is 0.929. The van der Waals surface area contributed by atoms with Crippen LogP contribution >= 0.6 is 23.2 Å². The normalized spacial score (nSPS) is 16.4. The maximum absolute atomic E-state index is 15.3. The molecule has 0 bridgehead atoms. The van der Waals surface area contributed by atoms with Crippen LogP contribution < -0.4 is 16.0 Å². The lowest BCUT2D eigenvalue weighted by molar-refractivity contribution is -0.156. The molecular weight excluding hydrogens is 1200 g/mol. The fourth-order valence-corrected chi connectivity index (χ4v) is 13.8. The number of halogens is 2. The molecule has 1 aliphatic heterocycles. The second-order valence-electron chi connectivity index (χ2n) is 25.5. The average molecular weight is 1290 g/mol. The molecule has 9 rings (SSSR count). The molecule has 2 aliphatic carbocycles. The molecule has 1 unspecified atom stereocenters. The number of unbranched alkanes of at least 4 members (excludes halogenated alkanes) is 1. The maximum atomic E-state index is 15.3. The summed E-state index contributed by atoms with van der Waals surface area (Å²) in [5.41, 5.74) is 6.27. The van der Waals surface area contributed by atoms with Crippen molar-refractivity contribution in [2.75, 3.05) is 40.0 Å². The Morgan fingerprint density at radius 1 is 0.641 bits per heavy atom. The molecule has 16 heteroatoms. The lowest BCUT2D eigenvalue weighted by Gasteiger charge is -2.37. The van der Waals surface area contributed by atoms with E-state index in [-0.39, 0.29) is 44.5 Å². The van der Waals surface area contributed by atoms with Gasteiger partial charge in [-0.1, -0.05) is 229 Å². The molecule has 6 aromatic carbocycles. The zero-order chi connectivity index (χ0) is 65.0. The predicted molar refractivity (Wildman–Crippen MR) is 362 cm³/mol. The minimum atomic E-state index is -1.61. The van der Waals surface area contributed by atoms with Crippen molar-refractivity contribution in [3.8, 4) is 11.1 Å². The monoisotopic (exact) mass is 1290 g/mol. The van der Waals surface area contributed by atoms with Crippen LogP contribution in [0.3, 0.4) is 0 Å². The first-order chi connectivity index (χ1) is 44.6. The maximum Gasteiger partial charge on any atom is 0.407 e. The van der Waals surface area contributed by atoms with Crippen molar-refractivity contribution in [1.29, 1.82) is 0 Å². The molecule has 1 saturated heterocycles. The number of benzene rings is 6. The Bertz CT molecular complexity index is 3380. The van der Waals surface area contributed by atoms with Crippen LogP contribution in [0.4, 0.5) is 4.79 Å². The van der Waals surface area contributed by atoms with E-state index in [4.69, 9.17) is 37.4 Å². The van der Waals surface area contributed by atoms with E-state index in [2.05, 4.69) is 40.2 Å². The van der Waals surface area contributed by atoms with Crippen LogP contribution in [0.25, 0.3) is 11.1 Å². The number of hydrogen-bond acceptors (Lipinski definition) is 9. The van der Waals surface area contributed by atoms with Gasteiger partial charge in [0.25, 0.3) is 0 Å². The summed E-state index contributed by atoms with van der Waals surface area (Å²) in [5.74, 6) is -2.90. The van der Waals surface area contributed by atoms with Gasteiger partial charge in [0.15, 0.2) is 5.60 Å². The molecule has 0 aromatic heterocycles. The molecule has 2 fully saturated rings. The van der Waals surface area contributed by atoms with Gasteiger partial charge in [0.1, 0.15) is 30.8 Å². The van der Waals surface area contributed by atoms with Gasteiger partial charge in [-0.05, 0) is 108 Å². The molecule has 0 spiro atoms. The van der Waals surface area contributed by atoms with E-state index in [1.165, 1.54) is 56.0 Å². The zero-order valence-electron chi connectivity index (χ0n) is 53.9. The molecule has 92 heavy (non-hydrogen) atoms. The summed E-state index contributed by atoms with van der Waals surface area (Å²) in [6, 6.07) is 42.8. The van der Waals surface area contributed by atoms with Gasteiger partial charge in [0, 0.05) is 65.8 Å². The highest BCUT2D eigenvalue weighted by Gasteiger charge is 2.44. The Kier molecular flexibility index (Phi) is 25.3. The van der Waals surface area contributed by atoms with Crippen LogP contribution in [0, 0.1) is 5.92 Å². The van der Waals surface area contributed by atoms with Gasteiger partial charge >= 0.3 is 12.1 Å². The SMILES string of the molecule is CCCC[C@H](NC(=O)OCC1c2ccccc2-c2ccccc21)C(=O)N(C)[C@@H](Cc1cccc(Cl)c1)C(=O)N[C@@H](COCCC(C)C)C(=O)N[C@@H](CC(=O)OC(c1ccccc1)(c1ccc(C2CCCCCCCC2)cc1)c1ccccc1Cl)C(=O)N1CCCCC1. The van der Waals surface area contributed by atoms with E-state index in [0.717, 1.165) is 54.4 Å². The van der Waals surface area contributed by atoms with E-state index in [1.54, 1.807) is 35.2 Å². The quantitative estimate of drug-likeness (QED) is 0.0258. The number of carbonyl (C=O) groups is 6. The number of amides is 5. The van der Waals surface area contributed by atoms with Crippen molar-refractivity contribution in [2.45, 2.75) is 172 Å². The van der Waals surface area contributed by atoms with Gasteiger partial charge in [-0.25, -0.2) is 4.79 Å². The largest absolute Gasteiger partial charge is 0.449 e. The van der Waals surface area contributed by atoms with Crippen molar-refractivity contribution >= 4 is 58.9 Å². The number of fused-ring (bicyclic) bond motifs is 3. The summed E-state index contributed by atoms with van der Waals surface area (Å²) in [7, 11) is 1.50. The summed E-state index contributed by atoms with van der Waals surface area (Å²) >= 11 is 13.7. The van der Waals surface area contributed by atoms with Gasteiger partial charge < -0.3 is 40.0 Å².